The largest absolute Gasteiger partial charge is 0.397 e. The van der Waals surface area contributed by atoms with Gasteiger partial charge in [-0.15, -0.1) is 5.10 Å². The Morgan fingerprint density at radius 2 is 2.35 bits per heavy atom. The summed E-state index contributed by atoms with van der Waals surface area (Å²) in [4.78, 5) is 3.56. The molecule has 3 rings (SSSR count). The number of nitrogen functional groups attached to an aromatic ring is 1. The third kappa shape index (κ3) is 2.67. The van der Waals surface area contributed by atoms with Gasteiger partial charge in [-0.25, -0.2) is 4.52 Å². The maximum absolute atomic E-state index is 13.6. The molecular weight excluding hydrogens is 303 g/mol. The Balaban J connectivity index is 2.17. The summed E-state index contributed by atoms with van der Waals surface area (Å²) in [7, 11) is 0. The molecule has 2 atom stereocenters. The number of nitrogens with one attached hydrogen (secondary N) is 2. The minimum atomic E-state index is -0.922. The number of aliphatic hydroxyl groups is 1. The molecule has 0 spiro atoms. The molecule has 9 N–H and O–H groups in total. The molecule has 0 bridgehead atoms. The number of halogens is 1. The van der Waals surface area contributed by atoms with Crippen LogP contribution >= 0.6 is 0 Å². The highest BCUT2D eigenvalue weighted by molar-refractivity contribution is 5.84. The average Bonchev–Trinajstić information content (AvgIpc) is 3.11. The number of hydrazine groups is 1. The van der Waals surface area contributed by atoms with E-state index in [1.165, 1.54) is 10.7 Å². The van der Waals surface area contributed by atoms with Crippen LogP contribution in [-0.2, 0) is 0 Å². The minimum Gasteiger partial charge on any atom is -0.397 e. The van der Waals surface area contributed by atoms with Gasteiger partial charge in [-0.3, -0.25) is 5.84 Å². The van der Waals surface area contributed by atoms with E-state index in [1.54, 1.807) is 6.07 Å². The Bertz CT molecular complexity index is 758. The van der Waals surface area contributed by atoms with E-state index >= 15 is 0 Å². The van der Waals surface area contributed by atoms with Crippen LogP contribution in [0.2, 0.25) is 0 Å². The van der Waals surface area contributed by atoms with Crippen LogP contribution in [0.5, 0.6) is 0 Å². The van der Waals surface area contributed by atoms with Crippen LogP contribution in [0.3, 0.4) is 0 Å². The van der Waals surface area contributed by atoms with E-state index in [0.29, 0.717) is 22.5 Å². The van der Waals surface area contributed by atoms with Crippen molar-refractivity contribution in [3.8, 4) is 0 Å². The molecule has 1 fully saturated rings. The zero-order valence-corrected chi connectivity index (χ0v) is 12.3. The van der Waals surface area contributed by atoms with Gasteiger partial charge in [0.25, 0.3) is 0 Å². The van der Waals surface area contributed by atoms with E-state index in [4.69, 9.17) is 17.3 Å². The maximum Gasteiger partial charge on any atom is 0.327 e. The van der Waals surface area contributed by atoms with Gasteiger partial charge < -0.3 is 27.3 Å². The highest BCUT2D eigenvalue weighted by Gasteiger charge is 2.29. The molecule has 0 radical (unpaired) electrons. The first-order chi connectivity index (χ1) is 11.0. The van der Waals surface area contributed by atoms with E-state index in [9.17, 15) is 9.50 Å². The number of nitrogens with zero attached hydrogens (tertiary/aromatic N) is 3. The first-order valence-electron chi connectivity index (χ1n) is 7.18. The summed E-state index contributed by atoms with van der Waals surface area (Å²) in [6.07, 6.45) is 2.07. The normalized spacial score (nSPS) is 22.0. The Kier molecular flexibility index (Phi) is 4.03. The highest BCUT2D eigenvalue weighted by atomic mass is 19.1. The predicted molar refractivity (Wildman–Crippen MR) is 82.8 cm³/mol. The van der Waals surface area contributed by atoms with E-state index in [-0.39, 0.29) is 24.5 Å². The lowest BCUT2D eigenvalue weighted by Crippen LogP contribution is -2.28. The van der Waals surface area contributed by atoms with Crippen LogP contribution in [0.4, 0.5) is 10.2 Å². The molecule has 3 heterocycles. The van der Waals surface area contributed by atoms with E-state index in [1.807, 2.05) is 0 Å². The van der Waals surface area contributed by atoms with Gasteiger partial charge in [0.05, 0.1) is 18.0 Å². The van der Waals surface area contributed by atoms with Crippen LogP contribution in [0, 0.1) is 6.08 Å². The van der Waals surface area contributed by atoms with Crippen molar-refractivity contribution in [3.05, 3.63) is 29.6 Å². The Morgan fingerprint density at radius 1 is 1.57 bits per heavy atom. The second kappa shape index (κ2) is 5.99. The average molecular weight is 322 g/mol. The van der Waals surface area contributed by atoms with Gasteiger partial charge >= 0.3 is 6.08 Å². The summed E-state index contributed by atoms with van der Waals surface area (Å²) in [6, 6.07) is 1.68. The lowest BCUT2D eigenvalue weighted by Gasteiger charge is -2.12. The van der Waals surface area contributed by atoms with Gasteiger partial charge in [-0.2, -0.15) is 9.37 Å². The first kappa shape index (κ1) is 15.5. The maximum atomic E-state index is 13.6. The zero-order valence-electron chi connectivity index (χ0n) is 12.3. The molecule has 9 nitrogen and oxygen atoms in total. The molecule has 0 amide bonds. The summed E-state index contributed by atoms with van der Waals surface area (Å²) >= 11 is 0. The number of hydrogen-bond donors (Lipinski definition) is 6. The molecule has 2 aromatic heterocycles. The zero-order chi connectivity index (χ0) is 16.6. The molecule has 0 saturated carbocycles. The van der Waals surface area contributed by atoms with Gasteiger partial charge in [0.2, 0.25) is 0 Å². The fourth-order valence-electron chi connectivity index (χ4n) is 2.96. The number of rotatable bonds is 4. The second-order valence-electron chi connectivity index (χ2n) is 5.45. The van der Waals surface area contributed by atoms with Gasteiger partial charge in [0.15, 0.2) is 5.82 Å². The van der Waals surface area contributed by atoms with E-state index < -0.39 is 6.08 Å². The molecule has 1 saturated heterocycles. The second-order valence-corrected chi connectivity index (χ2v) is 5.45. The van der Waals surface area contributed by atoms with Crippen LogP contribution in [-0.4, -0.2) is 32.4 Å². The number of aromatic nitrogens is 3. The third-order valence-electron chi connectivity index (χ3n) is 4.01. The van der Waals surface area contributed by atoms with Crippen LogP contribution in [0.1, 0.15) is 30.1 Å². The summed E-state index contributed by atoms with van der Waals surface area (Å²) < 4.78 is 15.0. The predicted octanol–water partition coefficient (Wildman–Crippen LogP) is -1.04. The van der Waals surface area contributed by atoms with Gasteiger partial charge in [0.1, 0.15) is 5.52 Å². The topological polar surface area (TPSA) is 153 Å². The molecule has 23 heavy (non-hydrogen) atoms. The minimum absolute atomic E-state index is 0.00312. The van der Waals surface area contributed by atoms with E-state index in [2.05, 4.69) is 20.8 Å². The van der Waals surface area contributed by atoms with Crippen molar-refractivity contribution in [2.75, 3.05) is 12.3 Å². The number of hydrogen-bond acceptors (Lipinski definition) is 8. The van der Waals surface area contributed by atoms with Crippen molar-refractivity contribution in [1.29, 1.82) is 0 Å². The number of fused-ring (bicyclic) bond motifs is 1. The lowest BCUT2D eigenvalue weighted by atomic mass is 10.1. The van der Waals surface area contributed by atoms with E-state index in [0.717, 1.165) is 12.8 Å². The fourth-order valence-corrected chi connectivity index (χ4v) is 2.96. The molecule has 1 aliphatic heterocycles. The molecule has 0 aliphatic carbocycles. The quantitative estimate of drug-likeness (QED) is 0.308. The smallest absolute Gasteiger partial charge is 0.327 e. The van der Waals surface area contributed by atoms with Crippen molar-refractivity contribution in [2.45, 2.75) is 24.9 Å². The molecular formula is C13H19FN8O. The number of anilines is 1. The Labute approximate surface area is 131 Å². The molecule has 1 aliphatic rings. The molecule has 0 unspecified atom stereocenters. The molecule has 124 valence electrons. The fraction of sp³-hybridized carbons (Fsp3) is 0.385. The summed E-state index contributed by atoms with van der Waals surface area (Å²) in [5.41, 5.74) is 16.2. The Morgan fingerprint density at radius 3 is 3.00 bits per heavy atom. The third-order valence-corrected chi connectivity index (χ3v) is 4.01. The van der Waals surface area contributed by atoms with Crippen molar-refractivity contribution in [2.24, 2.45) is 11.6 Å². The SMILES string of the molecule is NN/C=C(\N)c1cc([C@H]2CC[C@@H](CO)N2)n2nc(F)nc(N)c12. The highest BCUT2D eigenvalue weighted by Crippen LogP contribution is 2.32. The first-order valence-corrected chi connectivity index (χ1v) is 7.18. The lowest BCUT2D eigenvalue weighted by molar-refractivity contribution is 0.251. The summed E-state index contributed by atoms with van der Waals surface area (Å²) in [6.45, 7) is 0.0390. The monoisotopic (exact) mass is 322 g/mol. The summed E-state index contributed by atoms with van der Waals surface area (Å²) in [5.74, 6) is 5.25. The van der Waals surface area contributed by atoms with Gasteiger partial charge in [-0.05, 0) is 18.9 Å². The van der Waals surface area contributed by atoms with Crippen LogP contribution < -0.4 is 28.1 Å². The number of aliphatic hydroxyl groups excluding tert-OH is 1. The molecule has 10 heteroatoms. The van der Waals surface area contributed by atoms with Crippen molar-refractivity contribution in [3.63, 3.8) is 0 Å². The van der Waals surface area contributed by atoms with Gasteiger partial charge in [0, 0.05) is 23.8 Å². The summed E-state index contributed by atoms with van der Waals surface area (Å²) in [5, 5.41) is 16.4. The van der Waals surface area contributed by atoms with Crippen molar-refractivity contribution in [1.82, 2.24) is 25.3 Å². The van der Waals surface area contributed by atoms with Crippen molar-refractivity contribution < 1.29 is 9.50 Å². The number of nitrogens with two attached hydrogens (primary N) is 3. The van der Waals surface area contributed by atoms with Gasteiger partial charge in [-0.1, -0.05) is 0 Å². The Hall–Kier alpha value is -2.43. The van der Waals surface area contributed by atoms with Crippen LogP contribution in [0.15, 0.2) is 12.3 Å². The van der Waals surface area contributed by atoms with Crippen molar-refractivity contribution >= 4 is 17.0 Å². The molecule has 2 aromatic rings. The standard InChI is InChI=1S/C13H19FN8O/c14-13-20-12(16)11-7(8(15)4-18-17)3-10(22(11)21-13)9-2-1-6(5-23)19-9/h3-4,6,9,18-19,23H,1-2,5,15,17H2,(H2,16,20,21)/b8-4-/t6-,9+/m0/s1. The molecule has 0 aromatic carbocycles. The van der Waals surface area contributed by atoms with Crippen LogP contribution in [0.25, 0.3) is 11.2 Å².